The Morgan fingerprint density at radius 2 is 1.62 bits per heavy atom. The van der Waals surface area contributed by atoms with Gasteiger partial charge in [0.25, 0.3) is 0 Å². The summed E-state index contributed by atoms with van der Waals surface area (Å²) in [7, 11) is 0. The average Bonchev–Trinajstić information content (AvgIpc) is 3.14. The lowest BCUT2D eigenvalue weighted by atomic mass is 9.98. The van der Waals surface area contributed by atoms with Crippen molar-refractivity contribution in [3.05, 3.63) is 59.7 Å². The Balaban J connectivity index is 1.64. The maximum absolute atomic E-state index is 12.9. The number of alkyl carbamates (subject to hydrolysis) is 1. The van der Waals surface area contributed by atoms with Crippen LogP contribution in [0.25, 0.3) is 11.1 Å². The lowest BCUT2D eigenvalue weighted by molar-refractivity contribution is -0.137. The summed E-state index contributed by atoms with van der Waals surface area (Å²) in [4.78, 5) is 36.7. The van der Waals surface area contributed by atoms with Crippen LogP contribution in [0.2, 0.25) is 0 Å². The van der Waals surface area contributed by atoms with Crippen molar-refractivity contribution in [1.29, 1.82) is 0 Å². The zero-order chi connectivity index (χ0) is 24.5. The molecule has 0 heterocycles. The number of rotatable bonds is 12. The molecule has 0 bridgehead atoms. The van der Waals surface area contributed by atoms with Gasteiger partial charge < -0.3 is 20.5 Å². The fraction of sp³-hybridized carbons (Fsp3) is 0.423. The van der Waals surface area contributed by atoms with Gasteiger partial charge in [0.2, 0.25) is 5.91 Å². The normalized spacial score (nSPS) is 13.9. The molecule has 3 rings (SSSR count). The quantitative estimate of drug-likeness (QED) is 0.412. The summed E-state index contributed by atoms with van der Waals surface area (Å²) in [6.45, 7) is 2.09. The Bertz CT molecular complexity index is 967. The highest BCUT2D eigenvalue weighted by atomic mass is 32.2. The van der Waals surface area contributed by atoms with Crippen LogP contribution in [0.4, 0.5) is 4.79 Å². The van der Waals surface area contributed by atoms with Crippen molar-refractivity contribution in [3.8, 4) is 11.1 Å². The largest absolute Gasteiger partial charge is 0.481 e. The lowest BCUT2D eigenvalue weighted by Crippen LogP contribution is -2.50. The first-order valence-corrected chi connectivity index (χ1v) is 13.0. The summed E-state index contributed by atoms with van der Waals surface area (Å²) in [6, 6.07) is 14.9. The number of hydrogen-bond acceptors (Lipinski definition) is 5. The molecule has 2 atom stereocenters. The number of hydrogen-bond donors (Lipinski definition) is 3. The molecule has 0 radical (unpaired) electrons. The predicted octanol–water partition coefficient (Wildman–Crippen LogP) is 4.41. The number of thioether (sulfide) groups is 1. The monoisotopic (exact) mass is 484 g/mol. The summed E-state index contributed by atoms with van der Waals surface area (Å²) in [5.74, 6) is -0.758. The maximum atomic E-state index is 12.9. The average molecular weight is 485 g/mol. The molecule has 0 spiro atoms. The van der Waals surface area contributed by atoms with Crippen LogP contribution in [-0.2, 0) is 14.3 Å². The van der Waals surface area contributed by atoms with Gasteiger partial charge in [-0.15, -0.1) is 0 Å². The zero-order valence-electron chi connectivity index (χ0n) is 19.6. The van der Waals surface area contributed by atoms with E-state index >= 15 is 0 Å². The second-order valence-electron chi connectivity index (χ2n) is 8.40. The van der Waals surface area contributed by atoms with Crippen LogP contribution < -0.4 is 10.6 Å². The Labute approximate surface area is 204 Å². The molecule has 34 heavy (non-hydrogen) atoms. The number of benzene rings is 2. The van der Waals surface area contributed by atoms with Gasteiger partial charge in [-0.05, 0) is 47.1 Å². The van der Waals surface area contributed by atoms with E-state index in [-0.39, 0.29) is 24.9 Å². The van der Waals surface area contributed by atoms with Gasteiger partial charge in [0.05, 0.1) is 6.42 Å². The Kier molecular flexibility index (Phi) is 9.39. The van der Waals surface area contributed by atoms with Gasteiger partial charge in [0.1, 0.15) is 12.6 Å². The number of nitrogens with one attached hydrogen (secondary N) is 2. The van der Waals surface area contributed by atoms with Crippen LogP contribution >= 0.6 is 11.8 Å². The van der Waals surface area contributed by atoms with Crippen molar-refractivity contribution in [3.63, 3.8) is 0 Å². The minimum absolute atomic E-state index is 0.0684. The third-order valence-corrected chi connectivity index (χ3v) is 6.61. The molecule has 7 nitrogen and oxygen atoms in total. The van der Waals surface area contributed by atoms with E-state index < -0.39 is 24.1 Å². The number of carboxylic acids is 1. The van der Waals surface area contributed by atoms with Crippen molar-refractivity contribution < 1.29 is 24.2 Å². The van der Waals surface area contributed by atoms with Crippen molar-refractivity contribution in [1.82, 2.24) is 10.6 Å². The molecular formula is C26H32N2O5S. The van der Waals surface area contributed by atoms with E-state index in [9.17, 15) is 14.4 Å². The van der Waals surface area contributed by atoms with Gasteiger partial charge in [-0.3, -0.25) is 9.59 Å². The molecule has 1 aliphatic rings. The molecule has 8 heteroatoms. The first-order chi connectivity index (χ1) is 16.4. The van der Waals surface area contributed by atoms with Crippen LogP contribution in [0, 0.1) is 0 Å². The molecule has 2 aromatic carbocycles. The molecule has 0 saturated carbocycles. The van der Waals surface area contributed by atoms with E-state index in [0.717, 1.165) is 28.7 Å². The lowest BCUT2D eigenvalue weighted by Gasteiger charge is -2.22. The van der Waals surface area contributed by atoms with Gasteiger partial charge in [-0.1, -0.05) is 61.9 Å². The van der Waals surface area contributed by atoms with Crippen LogP contribution in [0.3, 0.4) is 0 Å². The molecule has 0 aromatic heterocycles. The molecule has 0 aliphatic heterocycles. The number of aliphatic carboxylic acids is 1. The molecule has 1 unspecified atom stereocenters. The van der Waals surface area contributed by atoms with Crippen molar-refractivity contribution in [2.75, 3.05) is 18.6 Å². The van der Waals surface area contributed by atoms with Crippen LogP contribution in [-0.4, -0.2) is 53.8 Å². The van der Waals surface area contributed by atoms with Crippen molar-refractivity contribution in [2.24, 2.45) is 0 Å². The molecule has 0 saturated heterocycles. The van der Waals surface area contributed by atoms with Gasteiger partial charge in [0.15, 0.2) is 0 Å². The third kappa shape index (κ3) is 6.53. The second kappa shape index (κ2) is 12.5. The number of carbonyl (C=O) groups excluding carboxylic acids is 2. The van der Waals surface area contributed by atoms with Crippen molar-refractivity contribution in [2.45, 2.75) is 50.6 Å². The van der Waals surface area contributed by atoms with E-state index in [2.05, 4.69) is 22.8 Å². The zero-order valence-corrected chi connectivity index (χ0v) is 20.4. The predicted molar refractivity (Wildman–Crippen MR) is 134 cm³/mol. The first-order valence-electron chi connectivity index (χ1n) is 11.6. The van der Waals surface area contributed by atoms with Gasteiger partial charge >= 0.3 is 12.1 Å². The summed E-state index contributed by atoms with van der Waals surface area (Å²) in [5.41, 5.74) is 4.52. The standard InChI is InChI=1S/C26H32N2O5S/c1-3-8-17(15-24(29)30)27-25(31)23(13-14-34-2)28-26(32)33-16-22-20-11-6-4-9-18(20)19-10-5-7-12-21(19)22/h4-7,9-12,17,22-23H,3,8,13-16H2,1-2H3,(H,27,31)(H,28,32)(H,29,30)/t17?,23-/m1/s1. The molecule has 182 valence electrons. The first kappa shape index (κ1) is 25.6. The highest BCUT2D eigenvalue weighted by molar-refractivity contribution is 7.98. The van der Waals surface area contributed by atoms with Crippen LogP contribution in [0.15, 0.2) is 48.5 Å². The summed E-state index contributed by atoms with van der Waals surface area (Å²) in [6.07, 6.45) is 2.83. The van der Waals surface area contributed by atoms with Crippen LogP contribution in [0.5, 0.6) is 0 Å². The number of ether oxygens (including phenoxy) is 1. The summed E-state index contributed by atoms with van der Waals surface area (Å²) >= 11 is 1.57. The van der Waals surface area contributed by atoms with Gasteiger partial charge in [-0.25, -0.2) is 4.79 Å². The Morgan fingerprint density at radius 1 is 1.00 bits per heavy atom. The summed E-state index contributed by atoms with van der Waals surface area (Å²) < 4.78 is 5.59. The Hall–Kier alpha value is -3.00. The SMILES string of the molecule is CCCC(CC(=O)O)NC(=O)[C@@H](CCSC)NC(=O)OCC1c2ccccc2-c2ccccc21. The van der Waals surface area contributed by atoms with E-state index in [0.29, 0.717) is 18.6 Å². The smallest absolute Gasteiger partial charge is 0.407 e. The van der Waals surface area contributed by atoms with Crippen LogP contribution in [0.1, 0.15) is 49.7 Å². The number of amides is 2. The fourth-order valence-electron chi connectivity index (χ4n) is 4.37. The highest BCUT2D eigenvalue weighted by Gasteiger charge is 2.30. The number of carbonyl (C=O) groups is 3. The minimum Gasteiger partial charge on any atom is -0.481 e. The molecule has 0 fully saturated rings. The van der Waals surface area contributed by atoms with Gasteiger partial charge in [0, 0.05) is 12.0 Å². The topological polar surface area (TPSA) is 105 Å². The van der Waals surface area contributed by atoms with Crippen molar-refractivity contribution >= 4 is 29.7 Å². The van der Waals surface area contributed by atoms with E-state index in [1.54, 1.807) is 11.8 Å². The minimum atomic E-state index is -0.969. The summed E-state index contributed by atoms with van der Waals surface area (Å²) in [5, 5.41) is 14.6. The second-order valence-corrected chi connectivity index (χ2v) is 9.38. The number of fused-ring (bicyclic) bond motifs is 3. The fourth-order valence-corrected chi connectivity index (χ4v) is 4.84. The molecule has 2 amide bonds. The molecular weight excluding hydrogens is 452 g/mol. The highest BCUT2D eigenvalue weighted by Crippen LogP contribution is 2.44. The maximum Gasteiger partial charge on any atom is 0.407 e. The van der Waals surface area contributed by atoms with E-state index in [1.807, 2.05) is 49.6 Å². The third-order valence-electron chi connectivity index (χ3n) is 5.97. The van der Waals surface area contributed by atoms with E-state index in [1.165, 1.54) is 0 Å². The van der Waals surface area contributed by atoms with E-state index in [4.69, 9.17) is 9.84 Å². The molecule has 1 aliphatic carbocycles. The molecule has 2 aromatic rings. The van der Waals surface area contributed by atoms with Gasteiger partial charge in [-0.2, -0.15) is 11.8 Å². The molecule has 3 N–H and O–H groups in total. The number of carboxylic acid groups (broad SMARTS) is 1. The Morgan fingerprint density at radius 3 is 2.18 bits per heavy atom.